The second kappa shape index (κ2) is 10.5. The lowest BCUT2D eigenvalue weighted by atomic mass is 9.73. The molecule has 0 saturated carbocycles. The number of rotatable bonds is 6. The molecule has 196 valence electrons. The monoisotopic (exact) mass is 537 g/mol. The molecule has 6 rings (SSSR count). The number of nitrogens with one attached hydrogen (secondary N) is 1. The molecule has 0 unspecified atom stereocenters. The number of ether oxygens (including phenoxy) is 1. The van der Waals surface area contributed by atoms with Gasteiger partial charge in [0.2, 0.25) is 0 Å². The van der Waals surface area contributed by atoms with E-state index in [-0.39, 0.29) is 34.9 Å². The second-order valence-electron chi connectivity index (χ2n) is 9.92. The number of fused-ring (bicyclic) bond motifs is 1. The van der Waals surface area contributed by atoms with Gasteiger partial charge < -0.3 is 14.5 Å². The molecule has 1 aliphatic heterocycles. The summed E-state index contributed by atoms with van der Waals surface area (Å²) in [6, 6.07) is 20.8. The topological polar surface area (TPSA) is 85.6 Å². The number of ketones is 1. The Balaban J connectivity index is 1.40. The zero-order chi connectivity index (χ0) is 26.9. The predicted molar refractivity (Wildman–Crippen MR) is 150 cm³/mol. The highest BCUT2D eigenvalue weighted by Crippen LogP contribution is 2.45. The van der Waals surface area contributed by atoms with Crippen LogP contribution in [0.25, 0.3) is 11.0 Å². The van der Waals surface area contributed by atoms with Crippen LogP contribution in [0.2, 0.25) is 0 Å². The van der Waals surface area contributed by atoms with Crippen molar-refractivity contribution in [2.75, 3.05) is 6.61 Å². The van der Waals surface area contributed by atoms with Gasteiger partial charge in [-0.05, 0) is 42.5 Å². The Morgan fingerprint density at radius 1 is 1.03 bits per heavy atom. The van der Waals surface area contributed by atoms with Crippen molar-refractivity contribution in [2.24, 2.45) is 0 Å². The Hall–Kier alpha value is -4.23. The number of dihydropyridines is 1. The number of allylic oxidation sites excluding steroid dienone is 3. The first-order chi connectivity index (χ1) is 19.0. The molecule has 3 heterocycles. The zero-order valence-corrected chi connectivity index (χ0v) is 22.3. The molecular weight excluding hydrogens is 510 g/mol. The van der Waals surface area contributed by atoms with Crippen molar-refractivity contribution in [3.05, 3.63) is 127 Å². The van der Waals surface area contributed by atoms with Crippen LogP contribution in [-0.4, -0.2) is 18.4 Å². The largest absolute Gasteiger partial charge is 0.464 e. The Kier molecular flexibility index (Phi) is 6.75. The quantitative estimate of drug-likeness (QED) is 0.304. The molecule has 2 aromatic carbocycles. The molecule has 4 aromatic rings. The van der Waals surface area contributed by atoms with Gasteiger partial charge in [0, 0.05) is 46.2 Å². The van der Waals surface area contributed by atoms with E-state index < -0.39 is 11.9 Å². The first-order valence-corrected chi connectivity index (χ1v) is 13.9. The Bertz CT molecular complexity index is 1680. The van der Waals surface area contributed by atoms with Crippen molar-refractivity contribution in [1.29, 1.82) is 0 Å². The van der Waals surface area contributed by atoms with Crippen LogP contribution in [0.5, 0.6) is 0 Å². The van der Waals surface area contributed by atoms with Crippen LogP contribution < -0.4 is 10.7 Å². The van der Waals surface area contributed by atoms with Gasteiger partial charge in [-0.2, -0.15) is 0 Å². The third-order valence-electron chi connectivity index (χ3n) is 7.48. The van der Waals surface area contributed by atoms with Crippen molar-refractivity contribution in [2.45, 2.75) is 38.0 Å². The SMILES string of the molecule is CC1=C(C(=O)OCCc2ccccc2)[C@H](c2coc3ccccc3c2=O)C2=C(C[C@@H](c3cccs3)CC2=O)N1. The molecule has 1 aliphatic carbocycles. The summed E-state index contributed by atoms with van der Waals surface area (Å²) < 4.78 is 11.6. The molecule has 6 nitrogen and oxygen atoms in total. The fourth-order valence-corrected chi connectivity index (χ4v) is 6.45. The molecule has 0 saturated heterocycles. The minimum Gasteiger partial charge on any atom is -0.464 e. The minimum absolute atomic E-state index is 0.0459. The third kappa shape index (κ3) is 4.74. The van der Waals surface area contributed by atoms with Crippen LogP contribution in [0.15, 0.2) is 110 Å². The summed E-state index contributed by atoms with van der Waals surface area (Å²) in [7, 11) is 0. The van der Waals surface area contributed by atoms with E-state index in [2.05, 4.69) is 5.32 Å². The maximum Gasteiger partial charge on any atom is 0.336 e. The van der Waals surface area contributed by atoms with Crippen LogP contribution in [0.1, 0.15) is 47.6 Å². The molecule has 0 amide bonds. The summed E-state index contributed by atoms with van der Waals surface area (Å²) in [6.07, 6.45) is 2.88. The number of hydrogen-bond donors (Lipinski definition) is 1. The number of carbonyl (C=O) groups excluding carboxylic acids is 2. The maximum absolute atomic E-state index is 13.8. The molecule has 0 spiro atoms. The normalized spacial score (nSPS) is 19.2. The lowest BCUT2D eigenvalue weighted by Gasteiger charge is -2.36. The molecule has 2 aliphatic rings. The average molecular weight is 538 g/mol. The Morgan fingerprint density at radius 2 is 1.82 bits per heavy atom. The number of carbonyl (C=O) groups is 2. The summed E-state index contributed by atoms with van der Waals surface area (Å²) in [5, 5.41) is 5.76. The highest BCUT2D eigenvalue weighted by Gasteiger charge is 2.43. The molecule has 0 bridgehead atoms. The molecule has 0 radical (unpaired) electrons. The van der Waals surface area contributed by atoms with Crippen molar-refractivity contribution >= 4 is 34.1 Å². The van der Waals surface area contributed by atoms with E-state index in [0.717, 1.165) is 16.1 Å². The lowest BCUT2D eigenvalue weighted by molar-refractivity contribution is -0.139. The van der Waals surface area contributed by atoms with Gasteiger partial charge in [0.05, 0.1) is 29.7 Å². The third-order valence-corrected chi connectivity index (χ3v) is 8.51. The van der Waals surface area contributed by atoms with Gasteiger partial charge in [-0.1, -0.05) is 48.5 Å². The molecule has 1 N–H and O–H groups in total. The van der Waals surface area contributed by atoms with Crippen LogP contribution in [0.4, 0.5) is 0 Å². The van der Waals surface area contributed by atoms with Crippen molar-refractivity contribution in [3.8, 4) is 0 Å². The number of esters is 1. The summed E-state index contributed by atoms with van der Waals surface area (Å²) in [6.45, 7) is 1.98. The van der Waals surface area contributed by atoms with Crippen LogP contribution in [0, 0.1) is 0 Å². The first-order valence-electron chi connectivity index (χ1n) is 13.0. The van der Waals surface area contributed by atoms with Gasteiger partial charge in [0.25, 0.3) is 0 Å². The van der Waals surface area contributed by atoms with Gasteiger partial charge in [0.1, 0.15) is 5.58 Å². The van der Waals surface area contributed by atoms with E-state index >= 15 is 0 Å². The van der Waals surface area contributed by atoms with Crippen LogP contribution >= 0.6 is 11.3 Å². The van der Waals surface area contributed by atoms with E-state index in [0.29, 0.717) is 41.5 Å². The molecule has 2 atom stereocenters. The van der Waals surface area contributed by atoms with E-state index in [4.69, 9.17) is 9.15 Å². The highest BCUT2D eigenvalue weighted by molar-refractivity contribution is 7.10. The van der Waals surface area contributed by atoms with Gasteiger partial charge in [-0.15, -0.1) is 11.3 Å². The number of hydrogen-bond acceptors (Lipinski definition) is 7. The second-order valence-corrected chi connectivity index (χ2v) is 10.9. The van der Waals surface area contributed by atoms with Crippen molar-refractivity contribution in [3.63, 3.8) is 0 Å². The van der Waals surface area contributed by atoms with Crippen molar-refractivity contribution < 1.29 is 18.7 Å². The lowest BCUT2D eigenvalue weighted by Crippen LogP contribution is -2.37. The summed E-state index contributed by atoms with van der Waals surface area (Å²) in [5.41, 5.74) is 3.56. The molecule has 0 fully saturated rings. The van der Waals surface area contributed by atoms with Gasteiger partial charge in [0.15, 0.2) is 11.2 Å². The van der Waals surface area contributed by atoms with Gasteiger partial charge in [-0.3, -0.25) is 9.59 Å². The van der Waals surface area contributed by atoms with Gasteiger partial charge in [-0.25, -0.2) is 4.79 Å². The molecule has 39 heavy (non-hydrogen) atoms. The van der Waals surface area contributed by atoms with E-state index in [9.17, 15) is 14.4 Å². The van der Waals surface area contributed by atoms with E-state index in [1.54, 1.807) is 42.5 Å². The fourth-order valence-electron chi connectivity index (χ4n) is 5.62. The van der Waals surface area contributed by atoms with E-state index in [1.165, 1.54) is 6.26 Å². The smallest absolute Gasteiger partial charge is 0.336 e. The fraction of sp³-hybridized carbons (Fsp3) is 0.219. The summed E-state index contributed by atoms with van der Waals surface area (Å²) >= 11 is 1.63. The number of Topliss-reactive ketones (excluding diaryl/α,β-unsaturated/α-hetero) is 1. The summed E-state index contributed by atoms with van der Waals surface area (Å²) in [4.78, 5) is 42.3. The Labute approximate surface area is 229 Å². The standard InChI is InChI=1S/C32H27NO5S/c1-19-28(32(36)37-14-13-20-8-3-2-4-9-20)29(23-18-38-26-11-6-5-10-22(26)31(23)35)30-24(33-19)16-21(17-25(30)34)27-12-7-15-39-27/h2-12,15,18,21,29,33H,13-14,16-17H2,1H3/t21-,29+/m1/s1. The highest BCUT2D eigenvalue weighted by atomic mass is 32.1. The number of benzene rings is 2. The average Bonchev–Trinajstić information content (AvgIpc) is 3.48. The number of thiophene rings is 1. The van der Waals surface area contributed by atoms with E-state index in [1.807, 2.05) is 47.8 Å². The molecular formula is C32H27NO5S. The molecule has 7 heteroatoms. The Morgan fingerprint density at radius 3 is 2.62 bits per heavy atom. The zero-order valence-electron chi connectivity index (χ0n) is 21.4. The van der Waals surface area contributed by atoms with Crippen molar-refractivity contribution in [1.82, 2.24) is 5.32 Å². The summed E-state index contributed by atoms with van der Waals surface area (Å²) in [5.74, 6) is -1.46. The maximum atomic E-state index is 13.8. The van der Waals surface area contributed by atoms with Crippen LogP contribution in [0.3, 0.4) is 0 Å². The van der Waals surface area contributed by atoms with Gasteiger partial charge >= 0.3 is 5.97 Å². The minimum atomic E-state index is -0.872. The predicted octanol–water partition coefficient (Wildman–Crippen LogP) is 6.00. The number of para-hydroxylation sites is 1. The molecule has 2 aromatic heterocycles. The van der Waals surface area contributed by atoms with Crippen LogP contribution in [-0.2, 0) is 20.7 Å². The first kappa shape index (κ1) is 25.1.